The summed E-state index contributed by atoms with van der Waals surface area (Å²) >= 11 is 0. The Kier molecular flexibility index (Phi) is 10.9. The van der Waals surface area contributed by atoms with E-state index >= 15 is 0 Å². The number of Topliss-reactive ketones (excluding diaryl/α,β-unsaturated/α-hetero) is 1. The SMILES string of the molecule is CCNCCCn1c(Nc2ccc(C(C)=O)cc2)nc2ccc(C(=O)N(CCC(C)C)CCC(C)C)cc21. The molecule has 1 aromatic heterocycles. The third-order valence-corrected chi connectivity index (χ3v) is 6.77. The molecule has 1 amide bonds. The first-order valence-corrected chi connectivity index (χ1v) is 14.1. The third kappa shape index (κ3) is 8.15. The van der Waals surface area contributed by atoms with Crippen molar-refractivity contribution in [2.75, 3.05) is 31.5 Å². The highest BCUT2D eigenvalue weighted by atomic mass is 16.2. The number of ketones is 1. The molecule has 0 atom stereocenters. The number of amides is 1. The number of imidazole rings is 1. The van der Waals surface area contributed by atoms with Gasteiger partial charge < -0.3 is 20.1 Å². The van der Waals surface area contributed by atoms with Crippen LogP contribution in [-0.4, -0.2) is 52.3 Å². The van der Waals surface area contributed by atoms with Gasteiger partial charge in [0.1, 0.15) is 0 Å². The fourth-order valence-corrected chi connectivity index (χ4v) is 4.36. The molecule has 3 rings (SSSR count). The van der Waals surface area contributed by atoms with Crippen molar-refractivity contribution in [3.8, 4) is 0 Å². The minimum atomic E-state index is 0.0419. The monoisotopic (exact) mass is 519 g/mol. The summed E-state index contributed by atoms with van der Waals surface area (Å²) in [6.07, 6.45) is 2.92. The second kappa shape index (κ2) is 14.1. The average molecular weight is 520 g/mol. The van der Waals surface area contributed by atoms with Gasteiger partial charge in [0, 0.05) is 36.4 Å². The number of nitrogens with one attached hydrogen (secondary N) is 2. The summed E-state index contributed by atoms with van der Waals surface area (Å²) in [5.41, 5.74) is 4.04. The van der Waals surface area contributed by atoms with Crippen LogP contribution < -0.4 is 10.6 Å². The van der Waals surface area contributed by atoms with Crippen molar-refractivity contribution in [1.82, 2.24) is 19.8 Å². The Morgan fingerprint density at radius 3 is 2.16 bits per heavy atom. The first-order valence-electron chi connectivity index (χ1n) is 14.1. The number of carbonyl (C=O) groups is 2. The largest absolute Gasteiger partial charge is 0.339 e. The minimum Gasteiger partial charge on any atom is -0.339 e. The number of benzene rings is 2. The quantitative estimate of drug-likeness (QED) is 0.177. The lowest BCUT2D eigenvalue weighted by Gasteiger charge is -2.24. The van der Waals surface area contributed by atoms with E-state index in [9.17, 15) is 9.59 Å². The molecular weight excluding hydrogens is 474 g/mol. The molecule has 0 spiro atoms. The minimum absolute atomic E-state index is 0.0419. The van der Waals surface area contributed by atoms with Gasteiger partial charge in [-0.25, -0.2) is 4.98 Å². The zero-order valence-corrected chi connectivity index (χ0v) is 24.0. The van der Waals surface area contributed by atoms with Crippen molar-refractivity contribution in [3.05, 3.63) is 53.6 Å². The molecule has 2 N–H and O–H groups in total. The molecule has 0 aliphatic rings. The summed E-state index contributed by atoms with van der Waals surface area (Å²) < 4.78 is 2.16. The molecule has 0 aliphatic heterocycles. The molecule has 0 fully saturated rings. The van der Waals surface area contributed by atoms with E-state index in [4.69, 9.17) is 4.98 Å². The molecule has 1 heterocycles. The maximum absolute atomic E-state index is 13.7. The van der Waals surface area contributed by atoms with Gasteiger partial charge in [-0.3, -0.25) is 9.59 Å². The molecule has 0 bridgehead atoms. The molecule has 2 aromatic carbocycles. The van der Waals surface area contributed by atoms with Gasteiger partial charge in [0.2, 0.25) is 5.95 Å². The summed E-state index contributed by atoms with van der Waals surface area (Å²) in [6.45, 7) is 16.6. The highest BCUT2D eigenvalue weighted by molar-refractivity contribution is 5.98. The number of hydrogen-bond donors (Lipinski definition) is 2. The van der Waals surface area contributed by atoms with Gasteiger partial charge in [0.05, 0.1) is 11.0 Å². The maximum Gasteiger partial charge on any atom is 0.253 e. The topological polar surface area (TPSA) is 79.3 Å². The zero-order chi connectivity index (χ0) is 27.7. The highest BCUT2D eigenvalue weighted by Gasteiger charge is 2.19. The maximum atomic E-state index is 13.7. The molecule has 0 saturated heterocycles. The fourth-order valence-electron chi connectivity index (χ4n) is 4.36. The van der Waals surface area contributed by atoms with E-state index in [1.54, 1.807) is 6.92 Å². The summed E-state index contributed by atoms with van der Waals surface area (Å²) in [5.74, 6) is 1.95. The van der Waals surface area contributed by atoms with Gasteiger partial charge in [0.15, 0.2) is 5.78 Å². The van der Waals surface area contributed by atoms with Crippen LogP contribution in [0.25, 0.3) is 11.0 Å². The Hall–Kier alpha value is -3.19. The second-order valence-corrected chi connectivity index (χ2v) is 10.9. The van der Waals surface area contributed by atoms with E-state index in [2.05, 4.69) is 49.8 Å². The predicted octanol–water partition coefficient (Wildman–Crippen LogP) is 6.52. The molecule has 7 nitrogen and oxygen atoms in total. The van der Waals surface area contributed by atoms with E-state index in [1.165, 1.54) is 0 Å². The summed E-state index contributed by atoms with van der Waals surface area (Å²) in [6, 6.07) is 13.3. The molecule has 7 heteroatoms. The van der Waals surface area contributed by atoms with Gasteiger partial charge in [-0.1, -0.05) is 34.6 Å². The molecule has 0 saturated carbocycles. The van der Waals surface area contributed by atoms with Crippen molar-refractivity contribution in [2.45, 2.75) is 67.3 Å². The van der Waals surface area contributed by atoms with Gasteiger partial charge in [0.25, 0.3) is 5.91 Å². The Morgan fingerprint density at radius 1 is 0.947 bits per heavy atom. The van der Waals surface area contributed by atoms with Crippen LogP contribution in [0.15, 0.2) is 42.5 Å². The number of carbonyl (C=O) groups excluding carboxylic acids is 2. The standard InChI is InChI=1S/C31H45N5O2/c1-7-32-17-8-18-36-29-21-26(30(38)35(19-15-22(2)3)20-16-23(4)5)11-14-28(29)34-31(36)33-27-12-9-25(10-13-27)24(6)37/h9-14,21-23,32H,7-8,15-20H2,1-6H3,(H,33,34). The average Bonchev–Trinajstić information content (AvgIpc) is 3.22. The van der Waals surface area contributed by atoms with Crippen molar-refractivity contribution < 1.29 is 9.59 Å². The van der Waals surface area contributed by atoms with Crippen molar-refractivity contribution in [3.63, 3.8) is 0 Å². The van der Waals surface area contributed by atoms with Crippen LogP contribution in [0.4, 0.5) is 11.6 Å². The smallest absolute Gasteiger partial charge is 0.253 e. The molecule has 0 radical (unpaired) electrons. The molecule has 0 aliphatic carbocycles. The van der Waals surface area contributed by atoms with E-state index < -0.39 is 0 Å². The van der Waals surface area contributed by atoms with Crippen LogP contribution in [0, 0.1) is 11.8 Å². The van der Waals surface area contributed by atoms with E-state index in [0.29, 0.717) is 23.0 Å². The van der Waals surface area contributed by atoms with Crippen LogP contribution in [0.3, 0.4) is 0 Å². The number of anilines is 2. The molecule has 0 unspecified atom stereocenters. The van der Waals surface area contributed by atoms with Gasteiger partial charge in [-0.2, -0.15) is 0 Å². The first kappa shape index (κ1) is 29.4. The van der Waals surface area contributed by atoms with Crippen LogP contribution in [-0.2, 0) is 6.54 Å². The van der Waals surface area contributed by atoms with Crippen molar-refractivity contribution >= 4 is 34.4 Å². The summed E-state index contributed by atoms with van der Waals surface area (Å²) in [5, 5.41) is 6.82. The van der Waals surface area contributed by atoms with Gasteiger partial charge in [-0.05, 0) is 93.6 Å². The van der Waals surface area contributed by atoms with Crippen molar-refractivity contribution in [2.24, 2.45) is 11.8 Å². The number of hydrogen-bond acceptors (Lipinski definition) is 5. The molecular formula is C31H45N5O2. The Balaban J connectivity index is 1.93. The van der Waals surface area contributed by atoms with Crippen LogP contribution in [0.5, 0.6) is 0 Å². The molecule has 38 heavy (non-hydrogen) atoms. The Bertz CT molecular complexity index is 1180. The van der Waals surface area contributed by atoms with Crippen molar-refractivity contribution in [1.29, 1.82) is 0 Å². The second-order valence-electron chi connectivity index (χ2n) is 10.9. The lowest BCUT2D eigenvalue weighted by atomic mass is 10.1. The van der Waals surface area contributed by atoms with Crippen LogP contribution in [0.1, 0.15) is 81.5 Å². The summed E-state index contributed by atoms with van der Waals surface area (Å²) in [7, 11) is 0. The Labute approximate surface area is 228 Å². The van der Waals surface area contributed by atoms with E-state index in [-0.39, 0.29) is 11.7 Å². The lowest BCUT2D eigenvalue weighted by Crippen LogP contribution is -2.34. The molecule has 206 valence electrons. The third-order valence-electron chi connectivity index (χ3n) is 6.77. The van der Waals surface area contributed by atoms with E-state index in [1.807, 2.05) is 47.4 Å². The number of fused-ring (bicyclic) bond motifs is 1. The zero-order valence-electron chi connectivity index (χ0n) is 24.0. The summed E-state index contributed by atoms with van der Waals surface area (Å²) in [4.78, 5) is 32.2. The van der Waals surface area contributed by atoms with Crippen LogP contribution in [0.2, 0.25) is 0 Å². The number of aromatic nitrogens is 2. The van der Waals surface area contributed by atoms with E-state index in [0.717, 1.165) is 74.7 Å². The van der Waals surface area contributed by atoms with Gasteiger partial charge >= 0.3 is 0 Å². The molecule has 3 aromatic rings. The highest BCUT2D eigenvalue weighted by Crippen LogP contribution is 2.25. The number of rotatable bonds is 15. The first-order chi connectivity index (χ1) is 18.2. The normalized spacial score (nSPS) is 11.5. The Morgan fingerprint density at radius 2 is 1.58 bits per heavy atom. The number of aryl methyl sites for hydroxylation is 1. The van der Waals surface area contributed by atoms with Crippen LogP contribution >= 0.6 is 0 Å². The van der Waals surface area contributed by atoms with Gasteiger partial charge in [-0.15, -0.1) is 0 Å². The number of nitrogens with zero attached hydrogens (tertiary/aromatic N) is 3. The fraction of sp³-hybridized carbons (Fsp3) is 0.516. The predicted molar refractivity (Wildman–Crippen MR) is 157 cm³/mol. The lowest BCUT2D eigenvalue weighted by molar-refractivity contribution is 0.0740.